The number of amides is 1. The number of nitrogens with zero attached hydrogens (tertiary/aromatic N) is 1. The molecule has 2 rings (SSSR count). The standard InChI is InChI=1S/C6H6ClNO3S/c7-5-4(6(10)11)8-2(9)1-3(8)12-5/h3-5H,1H2,(H,10,11)/t3-,4?,5?/m1/s1. The van der Waals surface area contributed by atoms with Crippen LogP contribution in [0.3, 0.4) is 0 Å². The van der Waals surface area contributed by atoms with Gasteiger partial charge in [0, 0.05) is 0 Å². The summed E-state index contributed by atoms with van der Waals surface area (Å²) < 4.78 is -0.501. The number of hydrogen-bond donors (Lipinski definition) is 1. The largest absolute Gasteiger partial charge is 0.480 e. The molecule has 0 radical (unpaired) electrons. The molecule has 0 spiro atoms. The first-order valence-corrected chi connectivity index (χ1v) is 4.82. The van der Waals surface area contributed by atoms with Crippen molar-refractivity contribution in [2.24, 2.45) is 0 Å². The number of carbonyl (C=O) groups excluding carboxylic acids is 1. The molecule has 6 heteroatoms. The van der Waals surface area contributed by atoms with Gasteiger partial charge in [-0.15, -0.1) is 23.4 Å². The van der Waals surface area contributed by atoms with Gasteiger partial charge in [-0.2, -0.15) is 0 Å². The monoisotopic (exact) mass is 207 g/mol. The lowest BCUT2D eigenvalue weighted by molar-refractivity contribution is -0.155. The van der Waals surface area contributed by atoms with Crippen molar-refractivity contribution in [1.82, 2.24) is 4.90 Å². The van der Waals surface area contributed by atoms with Crippen LogP contribution >= 0.6 is 23.4 Å². The normalized spacial score (nSPS) is 39.2. The van der Waals surface area contributed by atoms with Crippen LogP contribution < -0.4 is 0 Å². The van der Waals surface area contributed by atoms with Gasteiger partial charge in [-0.25, -0.2) is 4.79 Å². The summed E-state index contributed by atoms with van der Waals surface area (Å²) in [6.45, 7) is 0. The second kappa shape index (κ2) is 2.53. The van der Waals surface area contributed by atoms with Crippen molar-refractivity contribution in [3.05, 3.63) is 0 Å². The molecule has 2 aliphatic rings. The number of aliphatic carboxylic acids is 1. The summed E-state index contributed by atoms with van der Waals surface area (Å²) in [5, 5.41) is 8.73. The van der Waals surface area contributed by atoms with Crippen molar-refractivity contribution in [2.45, 2.75) is 22.5 Å². The van der Waals surface area contributed by atoms with Crippen molar-refractivity contribution in [3.8, 4) is 0 Å². The van der Waals surface area contributed by atoms with E-state index in [1.54, 1.807) is 0 Å². The van der Waals surface area contributed by atoms with Crippen LogP contribution in [0.4, 0.5) is 0 Å². The molecule has 0 saturated carbocycles. The third kappa shape index (κ3) is 0.927. The van der Waals surface area contributed by atoms with E-state index < -0.39 is 16.7 Å². The van der Waals surface area contributed by atoms with Crippen LogP contribution in [-0.2, 0) is 9.59 Å². The highest BCUT2D eigenvalue weighted by Gasteiger charge is 2.54. The van der Waals surface area contributed by atoms with Gasteiger partial charge in [0.2, 0.25) is 5.91 Å². The Kier molecular flexibility index (Phi) is 1.73. The van der Waals surface area contributed by atoms with E-state index in [1.165, 1.54) is 16.7 Å². The number of halogens is 1. The zero-order valence-electron chi connectivity index (χ0n) is 5.94. The van der Waals surface area contributed by atoms with E-state index >= 15 is 0 Å². The molecule has 0 aromatic carbocycles. The van der Waals surface area contributed by atoms with Crippen LogP contribution in [0, 0.1) is 0 Å². The van der Waals surface area contributed by atoms with Gasteiger partial charge in [-0.1, -0.05) is 0 Å². The maximum absolute atomic E-state index is 11.0. The van der Waals surface area contributed by atoms with Gasteiger partial charge in [0.1, 0.15) is 4.71 Å². The van der Waals surface area contributed by atoms with Gasteiger partial charge in [0.05, 0.1) is 11.8 Å². The van der Waals surface area contributed by atoms with Crippen molar-refractivity contribution in [3.63, 3.8) is 0 Å². The smallest absolute Gasteiger partial charge is 0.328 e. The van der Waals surface area contributed by atoms with Gasteiger partial charge < -0.3 is 10.0 Å². The number of carbonyl (C=O) groups is 2. The highest BCUT2D eigenvalue weighted by atomic mass is 35.5. The molecule has 3 atom stereocenters. The van der Waals surface area contributed by atoms with E-state index in [1.807, 2.05) is 0 Å². The highest BCUT2D eigenvalue weighted by molar-refractivity contribution is 8.02. The molecule has 2 heterocycles. The van der Waals surface area contributed by atoms with E-state index in [-0.39, 0.29) is 11.3 Å². The molecule has 2 unspecified atom stereocenters. The number of rotatable bonds is 1. The third-order valence-corrected chi connectivity index (χ3v) is 3.81. The summed E-state index contributed by atoms with van der Waals surface area (Å²) in [4.78, 5) is 23.0. The van der Waals surface area contributed by atoms with E-state index in [0.29, 0.717) is 6.42 Å². The summed E-state index contributed by atoms with van der Waals surface area (Å²) in [5.74, 6) is -1.12. The van der Waals surface area contributed by atoms with E-state index in [0.717, 1.165) is 0 Å². The molecule has 2 aliphatic heterocycles. The Hall–Kier alpha value is -0.420. The maximum atomic E-state index is 11.0. The lowest BCUT2D eigenvalue weighted by Gasteiger charge is -2.35. The van der Waals surface area contributed by atoms with Crippen LogP contribution in [0.1, 0.15) is 6.42 Å². The minimum absolute atomic E-state index is 0.00102. The Morgan fingerprint density at radius 2 is 2.42 bits per heavy atom. The first-order chi connectivity index (χ1) is 5.61. The van der Waals surface area contributed by atoms with Crippen LogP contribution in [0.25, 0.3) is 0 Å². The van der Waals surface area contributed by atoms with E-state index in [4.69, 9.17) is 16.7 Å². The fourth-order valence-electron chi connectivity index (χ4n) is 1.43. The molecule has 1 N–H and O–H groups in total. The van der Waals surface area contributed by atoms with Crippen molar-refractivity contribution in [1.29, 1.82) is 0 Å². The van der Waals surface area contributed by atoms with Gasteiger partial charge in [-0.3, -0.25) is 4.79 Å². The van der Waals surface area contributed by atoms with Crippen LogP contribution in [0.5, 0.6) is 0 Å². The molecule has 2 fully saturated rings. The van der Waals surface area contributed by atoms with Crippen LogP contribution in [0.2, 0.25) is 0 Å². The average Bonchev–Trinajstić information content (AvgIpc) is 2.22. The molecule has 66 valence electrons. The Bertz CT molecular complexity index is 259. The molecule has 0 bridgehead atoms. The summed E-state index contributed by atoms with van der Waals surface area (Å²) in [5.41, 5.74) is 0. The maximum Gasteiger partial charge on any atom is 0.328 e. The topological polar surface area (TPSA) is 57.6 Å². The Labute approximate surface area is 77.9 Å². The molecule has 0 aliphatic carbocycles. The number of hydrogen-bond acceptors (Lipinski definition) is 3. The zero-order chi connectivity index (χ0) is 8.88. The zero-order valence-corrected chi connectivity index (χ0v) is 7.51. The third-order valence-electron chi connectivity index (χ3n) is 2.04. The number of thioether (sulfide) groups is 1. The van der Waals surface area contributed by atoms with Crippen LogP contribution in [-0.4, -0.2) is 38.0 Å². The minimum Gasteiger partial charge on any atom is -0.480 e. The lowest BCUT2D eigenvalue weighted by atomic mass is 10.1. The number of fused-ring (bicyclic) bond motifs is 1. The van der Waals surface area contributed by atoms with Crippen LogP contribution in [0.15, 0.2) is 0 Å². The Morgan fingerprint density at radius 1 is 1.75 bits per heavy atom. The fourth-order valence-corrected chi connectivity index (χ4v) is 3.33. The second-order valence-corrected chi connectivity index (χ2v) is 4.78. The summed E-state index contributed by atoms with van der Waals surface area (Å²) >= 11 is 7.10. The molecule has 0 aromatic heterocycles. The molecular formula is C6H6ClNO3S. The molecule has 1 amide bonds. The first kappa shape index (κ1) is 8.19. The number of alkyl halides is 1. The van der Waals surface area contributed by atoms with Crippen molar-refractivity contribution in [2.75, 3.05) is 0 Å². The van der Waals surface area contributed by atoms with Gasteiger partial charge >= 0.3 is 5.97 Å². The Balaban J connectivity index is 2.21. The predicted octanol–water partition coefficient (Wildman–Crippen LogP) is 0.310. The fraction of sp³-hybridized carbons (Fsp3) is 0.667. The lowest BCUT2D eigenvalue weighted by Crippen LogP contribution is -2.54. The molecule has 2 saturated heterocycles. The SMILES string of the molecule is O=C(O)C1C(Cl)S[C@@H]2CC(=O)N12. The van der Waals surface area contributed by atoms with Gasteiger partial charge in [0.15, 0.2) is 6.04 Å². The van der Waals surface area contributed by atoms with Crippen molar-refractivity contribution >= 4 is 35.2 Å². The summed E-state index contributed by atoms with van der Waals surface area (Å²) in [6.07, 6.45) is 0.428. The number of carboxylic acids is 1. The second-order valence-electron chi connectivity index (χ2n) is 2.73. The molecule has 4 nitrogen and oxygen atoms in total. The van der Waals surface area contributed by atoms with Gasteiger partial charge in [0.25, 0.3) is 0 Å². The van der Waals surface area contributed by atoms with E-state index in [9.17, 15) is 9.59 Å². The summed E-state index contributed by atoms with van der Waals surface area (Å²) in [6, 6.07) is -0.831. The quantitative estimate of drug-likeness (QED) is 0.497. The van der Waals surface area contributed by atoms with Crippen molar-refractivity contribution < 1.29 is 14.7 Å². The first-order valence-electron chi connectivity index (χ1n) is 3.45. The predicted molar refractivity (Wildman–Crippen MR) is 43.9 cm³/mol. The minimum atomic E-state index is -1.02. The van der Waals surface area contributed by atoms with Gasteiger partial charge in [-0.05, 0) is 0 Å². The summed E-state index contributed by atoms with van der Waals surface area (Å²) in [7, 11) is 0. The Morgan fingerprint density at radius 3 is 2.83 bits per heavy atom. The number of β-lactam (4-membered cyclic amide) rings is 1. The molecule has 0 aromatic rings. The number of carboxylic acid groups (broad SMARTS) is 1. The molecule has 12 heavy (non-hydrogen) atoms. The molecular weight excluding hydrogens is 202 g/mol. The van der Waals surface area contributed by atoms with E-state index in [2.05, 4.69) is 0 Å². The average molecular weight is 208 g/mol. The highest BCUT2D eigenvalue weighted by Crippen LogP contribution is 2.45.